The van der Waals surface area contributed by atoms with E-state index >= 15 is 0 Å². The standard InChI is InChI=1S/C11H15N3/c1-4-9-6-8(3)7-10(5-2)11(9)13-14-12/h6-7H,4-5H2,1-3H3. The quantitative estimate of drug-likeness (QED) is 0.391. The zero-order valence-corrected chi connectivity index (χ0v) is 8.91. The van der Waals surface area contributed by atoms with Crippen LogP contribution in [0.4, 0.5) is 5.69 Å². The molecule has 0 fully saturated rings. The minimum atomic E-state index is 0.822. The van der Waals surface area contributed by atoms with Crippen molar-refractivity contribution in [3.8, 4) is 0 Å². The number of aryl methyl sites for hydroxylation is 3. The Morgan fingerprint density at radius 2 is 1.71 bits per heavy atom. The average Bonchev–Trinajstić information content (AvgIpc) is 2.20. The fourth-order valence-electron chi connectivity index (χ4n) is 1.65. The van der Waals surface area contributed by atoms with Crippen molar-refractivity contribution in [2.75, 3.05) is 0 Å². The summed E-state index contributed by atoms with van der Waals surface area (Å²) >= 11 is 0. The Hall–Kier alpha value is -1.47. The van der Waals surface area contributed by atoms with E-state index < -0.39 is 0 Å². The van der Waals surface area contributed by atoms with Gasteiger partial charge in [-0.15, -0.1) is 0 Å². The van der Waals surface area contributed by atoms with E-state index in [0.717, 1.165) is 29.7 Å². The number of azide groups is 1. The van der Waals surface area contributed by atoms with E-state index in [2.05, 4.69) is 42.9 Å². The van der Waals surface area contributed by atoms with E-state index in [9.17, 15) is 0 Å². The molecule has 0 aromatic heterocycles. The summed E-state index contributed by atoms with van der Waals surface area (Å²) in [6, 6.07) is 4.17. The van der Waals surface area contributed by atoms with Crippen molar-refractivity contribution in [1.29, 1.82) is 0 Å². The van der Waals surface area contributed by atoms with Crippen molar-refractivity contribution in [2.45, 2.75) is 33.6 Å². The Labute approximate surface area is 84.4 Å². The normalized spacial score (nSPS) is 9.64. The predicted octanol–water partition coefficient (Wildman–Crippen LogP) is 4.06. The lowest BCUT2D eigenvalue weighted by Gasteiger charge is -2.09. The van der Waals surface area contributed by atoms with Crippen LogP contribution in [0.2, 0.25) is 0 Å². The lowest BCUT2D eigenvalue weighted by Crippen LogP contribution is -1.90. The van der Waals surface area contributed by atoms with Gasteiger partial charge in [0.15, 0.2) is 0 Å². The first-order valence-corrected chi connectivity index (χ1v) is 4.90. The smallest absolute Gasteiger partial charge is 0.0439 e. The fraction of sp³-hybridized carbons (Fsp3) is 0.455. The number of rotatable bonds is 3. The predicted molar refractivity (Wildman–Crippen MR) is 58.7 cm³/mol. The van der Waals surface area contributed by atoms with Crippen LogP contribution in [0.15, 0.2) is 17.2 Å². The van der Waals surface area contributed by atoms with Gasteiger partial charge in [-0.3, -0.25) is 0 Å². The molecule has 0 saturated carbocycles. The molecule has 0 radical (unpaired) electrons. The van der Waals surface area contributed by atoms with E-state index in [1.807, 2.05) is 0 Å². The van der Waals surface area contributed by atoms with Gasteiger partial charge >= 0.3 is 0 Å². The second-order valence-corrected chi connectivity index (χ2v) is 3.33. The maximum absolute atomic E-state index is 8.49. The third kappa shape index (κ3) is 2.06. The van der Waals surface area contributed by atoms with Gasteiger partial charge in [0.1, 0.15) is 0 Å². The Morgan fingerprint density at radius 1 is 1.21 bits per heavy atom. The summed E-state index contributed by atoms with van der Waals surface area (Å²) in [4.78, 5) is 2.88. The lowest BCUT2D eigenvalue weighted by molar-refractivity contribution is 1.07. The van der Waals surface area contributed by atoms with Crippen LogP contribution in [-0.2, 0) is 12.8 Å². The number of hydrogen-bond donors (Lipinski definition) is 0. The molecule has 1 aromatic rings. The molecule has 0 aliphatic heterocycles. The molecular formula is C11H15N3. The second kappa shape index (κ2) is 4.68. The molecule has 1 rings (SSSR count). The first kappa shape index (κ1) is 10.6. The summed E-state index contributed by atoms with van der Waals surface area (Å²) in [7, 11) is 0. The van der Waals surface area contributed by atoms with Gasteiger partial charge in [-0.1, -0.05) is 36.7 Å². The molecule has 3 heteroatoms. The van der Waals surface area contributed by atoms with Crippen molar-refractivity contribution in [1.82, 2.24) is 0 Å². The highest BCUT2D eigenvalue weighted by atomic mass is 15.1. The molecule has 14 heavy (non-hydrogen) atoms. The van der Waals surface area contributed by atoms with Crippen molar-refractivity contribution >= 4 is 5.69 Å². The summed E-state index contributed by atoms with van der Waals surface area (Å²) in [6.07, 6.45) is 1.81. The molecule has 0 aliphatic carbocycles. The molecule has 0 aliphatic rings. The highest BCUT2D eigenvalue weighted by Gasteiger charge is 2.05. The molecule has 74 valence electrons. The monoisotopic (exact) mass is 189 g/mol. The first-order valence-electron chi connectivity index (χ1n) is 4.90. The fourth-order valence-corrected chi connectivity index (χ4v) is 1.65. The summed E-state index contributed by atoms with van der Waals surface area (Å²) < 4.78 is 0. The van der Waals surface area contributed by atoms with E-state index in [1.54, 1.807) is 0 Å². The van der Waals surface area contributed by atoms with E-state index in [0.29, 0.717) is 0 Å². The molecule has 0 unspecified atom stereocenters. The van der Waals surface area contributed by atoms with Crippen LogP contribution in [0.1, 0.15) is 30.5 Å². The van der Waals surface area contributed by atoms with Gasteiger partial charge in [0, 0.05) is 10.6 Å². The third-order valence-corrected chi connectivity index (χ3v) is 2.32. The van der Waals surface area contributed by atoms with Crippen LogP contribution < -0.4 is 0 Å². The Bertz CT molecular complexity index is 351. The number of hydrogen-bond acceptors (Lipinski definition) is 1. The molecule has 0 amide bonds. The molecule has 3 nitrogen and oxygen atoms in total. The highest BCUT2D eigenvalue weighted by Crippen LogP contribution is 2.27. The second-order valence-electron chi connectivity index (χ2n) is 3.33. The summed E-state index contributed by atoms with van der Waals surface area (Å²) in [5, 5.41) is 3.77. The third-order valence-electron chi connectivity index (χ3n) is 2.32. The van der Waals surface area contributed by atoms with Crippen molar-refractivity contribution in [3.05, 3.63) is 39.3 Å². The van der Waals surface area contributed by atoms with Gasteiger partial charge in [0.25, 0.3) is 0 Å². The SMILES string of the molecule is CCc1cc(C)cc(CC)c1N=[N+]=[N-]. The molecule has 0 bridgehead atoms. The topological polar surface area (TPSA) is 48.8 Å². The van der Waals surface area contributed by atoms with Crippen LogP contribution in [0.25, 0.3) is 10.4 Å². The van der Waals surface area contributed by atoms with Crippen LogP contribution >= 0.6 is 0 Å². The summed E-state index contributed by atoms with van der Waals surface area (Å²) in [5.74, 6) is 0. The van der Waals surface area contributed by atoms with Crippen LogP contribution in [0, 0.1) is 6.92 Å². The van der Waals surface area contributed by atoms with E-state index in [1.165, 1.54) is 5.56 Å². The number of benzene rings is 1. The van der Waals surface area contributed by atoms with Crippen LogP contribution in [0.3, 0.4) is 0 Å². The van der Waals surface area contributed by atoms with Gasteiger partial charge in [-0.2, -0.15) is 0 Å². The van der Waals surface area contributed by atoms with Gasteiger partial charge in [0.05, 0.1) is 0 Å². The molecule has 0 atom stereocenters. The van der Waals surface area contributed by atoms with Crippen molar-refractivity contribution < 1.29 is 0 Å². The maximum Gasteiger partial charge on any atom is 0.0439 e. The van der Waals surface area contributed by atoms with E-state index in [4.69, 9.17) is 5.53 Å². The van der Waals surface area contributed by atoms with Gasteiger partial charge in [-0.25, -0.2) is 0 Å². The minimum absolute atomic E-state index is 0.822. The van der Waals surface area contributed by atoms with Crippen molar-refractivity contribution in [3.63, 3.8) is 0 Å². The summed E-state index contributed by atoms with van der Waals surface area (Å²) in [5.41, 5.74) is 12.8. The van der Waals surface area contributed by atoms with E-state index in [-0.39, 0.29) is 0 Å². The Morgan fingerprint density at radius 3 is 2.07 bits per heavy atom. The van der Waals surface area contributed by atoms with Crippen LogP contribution in [-0.4, -0.2) is 0 Å². The lowest BCUT2D eigenvalue weighted by atomic mass is 10.0. The van der Waals surface area contributed by atoms with Crippen molar-refractivity contribution in [2.24, 2.45) is 5.11 Å². The largest absolute Gasteiger partial charge is 0.0613 e. The molecule has 1 aromatic carbocycles. The molecular weight excluding hydrogens is 174 g/mol. The number of nitrogens with zero attached hydrogens (tertiary/aromatic N) is 3. The average molecular weight is 189 g/mol. The molecule has 0 N–H and O–H groups in total. The molecule has 0 spiro atoms. The minimum Gasteiger partial charge on any atom is -0.0613 e. The molecule has 0 heterocycles. The van der Waals surface area contributed by atoms with Gasteiger partial charge < -0.3 is 0 Å². The van der Waals surface area contributed by atoms with Gasteiger partial charge in [-0.05, 0) is 36.4 Å². The van der Waals surface area contributed by atoms with Gasteiger partial charge in [0.2, 0.25) is 0 Å². The zero-order valence-electron chi connectivity index (χ0n) is 8.91. The Balaban J connectivity index is 3.39. The zero-order chi connectivity index (χ0) is 10.6. The van der Waals surface area contributed by atoms with Crippen LogP contribution in [0.5, 0.6) is 0 Å². The highest BCUT2D eigenvalue weighted by molar-refractivity contribution is 5.54. The maximum atomic E-state index is 8.49. The Kier molecular flexibility index (Phi) is 3.55. The summed E-state index contributed by atoms with van der Waals surface area (Å²) in [6.45, 7) is 6.22. The first-order chi connectivity index (χ1) is 6.72. The molecule has 0 saturated heterocycles.